The second-order valence-electron chi connectivity index (χ2n) is 3.64. The number of aromatic carboxylic acids is 1. The average molecular weight is 307 g/mol. The molecule has 2 N–H and O–H groups in total. The molecule has 93 valence electrons. The van der Waals surface area contributed by atoms with Crippen LogP contribution < -0.4 is 0 Å². The Morgan fingerprint density at radius 1 is 1.00 bits per heavy atom. The molecule has 0 heterocycles. The van der Waals surface area contributed by atoms with Crippen molar-refractivity contribution < 1.29 is 33.3 Å². The van der Waals surface area contributed by atoms with Gasteiger partial charge < -0.3 is 10.2 Å². The van der Waals surface area contributed by atoms with Crippen molar-refractivity contribution in [3.63, 3.8) is 0 Å². The van der Waals surface area contributed by atoms with E-state index in [0.29, 0.717) is 0 Å². The summed E-state index contributed by atoms with van der Waals surface area (Å²) < 4.78 is 2.16. The Hall–Kier alpha value is -1.93. The number of hydrogen-bond acceptors (Lipinski definition) is 2. The summed E-state index contributed by atoms with van der Waals surface area (Å²) in [5, 5.41) is 17.3. The Morgan fingerprint density at radius 3 is 2.05 bits per heavy atom. The summed E-state index contributed by atoms with van der Waals surface area (Å²) in [6.45, 7) is 0. The molecule has 0 fully saturated rings. The van der Waals surface area contributed by atoms with E-state index in [1.165, 1.54) is 36.0 Å². The Bertz CT molecular complexity index is 550. The normalized spacial score (nSPS) is 9.79. The zero-order valence-corrected chi connectivity index (χ0v) is 13.3. The van der Waals surface area contributed by atoms with Gasteiger partial charge in [0.25, 0.3) is 0 Å². The molecule has 0 aliphatic rings. The standard InChI is InChI=1S/C8H7.C7H6O3.Zn/c1-2-8-6-4-3-5-7-8;8-6-4-2-1-3-5(6)7(9)10;/h1-7H;1-4,8H,(H,9,10);. The molecule has 0 spiro atoms. The number of carbonyl (C=O) groups is 1. The van der Waals surface area contributed by atoms with E-state index in [4.69, 9.17) is 10.2 Å². The van der Waals surface area contributed by atoms with Crippen molar-refractivity contribution in [3.8, 4) is 5.75 Å². The molecule has 0 aliphatic heterocycles. The van der Waals surface area contributed by atoms with Crippen molar-refractivity contribution in [3.05, 3.63) is 70.4 Å². The van der Waals surface area contributed by atoms with Gasteiger partial charge in [-0.25, -0.2) is 4.79 Å². The third kappa shape index (κ3) is 5.49. The van der Waals surface area contributed by atoms with Gasteiger partial charge in [-0.05, 0) is 12.1 Å². The van der Waals surface area contributed by atoms with Crippen LogP contribution in [0.15, 0.2) is 59.3 Å². The molecule has 0 radical (unpaired) electrons. The second kappa shape index (κ2) is 8.22. The number of carboxylic acid groups (broad SMARTS) is 1. The zero-order chi connectivity index (χ0) is 14.1. The van der Waals surface area contributed by atoms with Crippen LogP contribution in [0.25, 0.3) is 6.08 Å². The van der Waals surface area contributed by atoms with Gasteiger partial charge in [0, 0.05) is 0 Å². The second-order valence-corrected chi connectivity index (χ2v) is 4.62. The van der Waals surface area contributed by atoms with E-state index in [0.717, 1.165) is 0 Å². The quantitative estimate of drug-likeness (QED) is 0.837. The minimum atomic E-state index is -1.11. The monoisotopic (exact) mass is 305 g/mol. The Morgan fingerprint density at radius 2 is 1.58 bits per heavy atom. The summed E-state index contributed by atoms with van der Waals surface area (Å²) in [5.41, 5.74) is 1.23. The maximum atomic E-state index is 10.3. The molecule has 0 aromatic heterocycles. The van der Waals surface area contributed by atoms with E-state index in [-0.39, 0.29) is 11.3 Å². The summed E-state index contributed by atoms with van der Waals surface area (Å²) >= 11 is 1.23. The van der Waals surface area contributed by atoms with Crippen LogP contribution in [0.1, 0.15) is 15.9 Å². The van der Waals surface area contributed by atoms with Crippen molar-refractivity contribution in [2.24, 2.45) is 0 Å². The van der Waals surface area contributed by atoms with Crippen molar-refractivity contribution in [1.29, 1.82) is 0 Å². The fraction of sp³-hybridized carbons (Fsp3) is 0. The fourth-order valence-corrected chi connectivity index (χ4v) is 1.93. The molecule has 3 nitrogen and oxygen atoms in total. The molecule has 0 bridgehead atoms. The van der Waals surface area contributed by atoms with Crippen molar-refractivity contribution in [1.82, 2.24) is 0 Å². The van der Waals surface area contributed by atoms with Crippen LogP contribution in [0.3, 0.4) is 0 Å². The van der Waals surface area contributed by atoms with Crippen LogP contribution in [0.2, 0.25) is 0 Å². The first-order valence-corrected chi connectivity index (χ1v) is 7.38. The first-order chi connectivity index (χ1) is 9.15. The van der Waals surface area contributed by atoms with Gasteiger partial charge in [-0.15, -0.1) is 0 Å². The summed E-state index contributed by atoms with van der Waals surface area (Å²) in [4.78, 5) is 10.3. The van der Waals surface area contributed by atoms with Crippen molar-refractivity contribution in [2.75, 3.05) is 0 Å². The van der Waals surface area contributed by atoms with Gasteiger partial charge in [-0.2, -0.15) is 0 Å². The van der Waals surface area contributed by atoms with E-state index in [9.17, 15) is 4.79 Å². The molecular weight excluding hydrogens is 294 g/mol. The van der Waals surface area contributed by atoms with Crippen LogP contribution in [-0.2, 0) is 18.3 Å². The number of phenols is 1. The Kier molecular flexibility index (Phi) is 6.55. The fourth-order valence-electron chi connectivity index (χ4n) is 1.35. The predicted octanol–water partition coefficient (Wildman–Crippen LogP) is 3.29. The minimum absolute atomic E-state index is 0.0671. The molecule has 0 saturated heterocycles. The van der Waals surface area contributed by atoms with Gasteiger partial charge >= 0.3 is 70.9 Å². The first-order valence-electron chi connectivity index (χ1n) is 5.67. The molecule has 2 aromatic rings. The first kappa shape index (κ1) is 15.1. The van der Waals surface area contributed by atoms with E-state index in [1.54, 1.807) is 12.1 Å². The third-order valence-electron chi connectivity index (χ3n) is 2.24. The van der Waals surface area contributed by atoms with Gasteiger partial charge in [0.2, 0.25) is 0 Å². The van der Waals surface area contributed by atoms with Crippen LogP contribution in [0, 0.1) is 0 Å². The van der Waals surface area contributed by atoms with Gasteiger partial charge in [-0.1, -0.05) is 12.1 Å². The van der Waals surface area contributed by atoms with Gasteiger partial charge in [0.1, 0.15) is 11.3 Å². The summed E-state index contributed by atoms with van der Waals surface area (Å²) in [6, 6.07) is 16.2. The average Bonchev–Trinajstić information content (AvgIpc) is 2.41. The molecule has 0 aliphatic carbocycles. The van der Waals surface area contributed by atoms with E-state index in [1.807, 2.05) is 6.07 Å². The molecule has 0 saturated carbocycles. The van der Waals surface area contributed by atoms with E-state index >= 15 is 0 Å². The van der Waals surface area contributed by atoms with Crippen LogP contribution >= 0.6 is 0 Å². The van der Waals surface area contributed by atoms with E-state index < -0.39 is 5.97 Å². The number of para-hydroxylation sites is 1. The number of hydrogen-bond donors (Lipinski definition) is 2. The van der Waals surface area contributed by atoms with Crippen LogP contribution in [0.5, 0.6) is 5.75 Å². The summed E-state index contributed by atoms with van der Waals surface area (Å²) in [5.74, 6) is -1.31. The molecule has 0 unspecified atom stereocenters. The van der Waals surface area contributed by atoms with Crippen LogP contribution in [-0.4, -0.2) is 16.2 Å². The van der Waals surface area contributed by atoms with Gasteiger partial charge in [0.15, 0.2) is 0 Å². The third-order valence-corrected chi connectivity index (χ3v) is 2.74. The van der Waals surface area contributed by atoms with Crippen molar-refractivity contribution >= 4 is 12.0 Å². The molecular formula is C15H13O3Zn. The molecule has 0 atom stereocenters. The molecule has 0 amide bonds. The Balaban J connectivity index is 0.000000191. The number of carboxylic acids is 1. The van der Waals surface area contributed by atoms with Crippen LogP contribution in [0.4, 0.5) is 0 Å². The molecule has 2 aromatic carbocycles. The summed E-state index contributed by atoms with van der Waals surface area (Å²) in [6.07, 6.45) is 2.14. The van der Waals surface area contributed by atoms with Crippen molar-refractivity contribution in [2.45, 2.75) is 0 Å². The van der Waals surface area contributed by atoms with E-state index in [2.05, 4.69) is 35.0 Å². The molecule has 4 heteroatoms. The van der Waals surface area contributed by atoms with Gasteiger partial charge in [0.05, 0.1) is 0 Å². The zero-order valence-electron chi connectivity index (χ0n) is 10.4. The number of aromatic hydroxyl groups is 1. The SMILES string of the molecule is O=C(O)c1ccccc1O.[Zn][CH]=Cc1ccccc1. The Labute approximate surface area is 121 Å². The molecule has 19 heavy (non-hydrogen) atoms. The maximum absolute atomic E-state index is 10.3. The number of benzene rings is 2. The predicted molar refractivity (Wildman–Crippen MR) is 70.5 cm³/mol. The van der Waals surface area contributed by atoms with Gasteiger partial charge in [-0.3, -0.25) is 0 Å². The topological polar surface area (TPSA) is 57.5 Å². The summed E-state index contributed by atoms with van der Waals surface area (Å²) in [7, 11) is 0. The number of rotatable bonds is 2. The molecule has 2 rings (SSSR count).